The molecule has 0 bridgehead atoms. The summed E-state index contributed by atoms with van der Waals surface area (Å²) in [5, 5.41) is 3.27. The molecule has 0 spiro atoms. The van der Waals surface area contributed by atoms with Gasteiger partial charge in [-0.25, -0.2) is 0 Å². The number of esters is 1. The van der Waals surface area contributed by atoms with E-state index in [1.165, 1.54) is 4.90 Å². The lowest BCUT2D eigenvalue weighted by atomic mass is 9.97. The van der Waals surface area contributed by atoms with Crippen molar-refractivity contribution >= 4 is 40.8 Å². The van der Waals surface area contributed by atoms with Crippen LogP contribution in [0.3, 0.4) is 0 Å². The molecule has 0 fully saturated rings. The third-order valence-electron chi connectivity index (χ3n) is 4.67. The molecule has 2 aliphatic heterocycles. The van der Waals surface area contributed by atoms with Crippen LogP contribution in [-0.2, 0) is 25.5 Å². The summed E-state index contributed by atoms with van der Waals surface area (Å²) in [7, 11) is 0. The van der Waals surface area contributed by atoms with Crippen LogP contribution in [0.4, 0.5) is 11.4 Å². The summed E-state index contributed by atoms with van der Waals surface area (Å²) in [6, 6.07) is 12.2. The van der Waals surface area contributed by atoms with E-state index in [-0.39, 0.29) is 19.1 Å². The largest absolute Gasteiger partial charge is 0.492 e. The SMILES string of the molecule is O=C1CN(C(=O)COC(=O)[C@@H]2COc3ccc(Cl)cc3C2)c2ccccc2N1. The zero-order valence-electron chi connectivity index (χ0n) is 14.8. The molecule has 2 aliphatic rings. The van der Waals surface area contributed by atoms with Gasteiger partial charge >= 0.3 is 5.97 Å². The second-order valence-corrected chi connectivity index (χ2v) is 7.05. The molecular formula is C20H17ClN2O5. The maximum Gasteiger partial charge on any atom is 0.313 e. The van der Waals surface area contributed by atoms with Crippen LogP contribution < -0.4 is 15.0 Å². The Balaban J connectivity index is 1.39. The highest BCUT2D eigenvalue weighted by molar-refractivity contribution is 6.30. The number of carbonyl (C=O) groups is 3. The van der Waals surface area contributed by atoms with E-state index in [0.29, 0.717) is 28.6 Å². The van der Waals surface area contributed by atoms with Crippen molar-refractivity contribution < 1.29 is 23.9 Å². The van der Waals surface area contributed by atoms with Crippen molar-refractivity contribution in [3.63, 3.8) is 0 Å². The number of hydrogen-bond donors (Lipinski definition) is 1. The molecule has 8 heteroatoms. The summed E-state index contributed by atoms with van der Waals surface area (Å²) < 4.78 is 10.8. The summed E-state index contributed by atoms with van der Waals surface area (Å²) in [4.78, 5) is 38.1. The molecule has 2 heterocycles. The zero-order valence-corrected chi connectivity index (χ0v) is 15.6. The Morgan fingerprint density at radius 3 is 2.93 bits per heavy atom. The standard InChI is InChI=1S/C20H17ClN2O5/c21-14-5-6-17-12(8-14)7-13(10-27-17)20(26)28-11-19(25)23-9-18(24)22-15-3-1-2-4-16(15)23/h1-6,8,13H,7,9-11H2,(H,22,24)/t13-/m0/s1. The smallest absolute Gasteiger partial charge is 0.313 e. The van der Waals surface area contributed by atoms with Crippen molar-refractivity contribution in [2.24, 2.45) is 5.92 Å². The van der Waals surface area contributed by atoms with Gasteiger partial charge in [0.05, 0.1) is 17.3 Å². The number of carbonyl (C=O) groups excluding carboxylic acids is 3. The van der Waals surface area contributed by atoms with E-state index in [1.54, 1.807) is 42.5 Å². The first-order valence-corrected chi connectivity index (χ1v) is 9.16. The van der Waals surface area contributed by atoms with Crippen molar-refractivity contribution in [2.45, 2.75) is 6.42 Å². The van der Waals surface area contributed by atoms with E-state index in [2.05, 4.69) is 5.32 Å². The van der Waals surface area contributed by atoms with Crippen LogP contribution in [0.1, 0.15) is 5.56 Å². The number of hydrogen-bond acceptors (Lipinski definition) is 5. The van der Waals surface area contributed by atoms with Crippen LogP contribution in [0.2, 0.25) is 5.02 Å². The molecule has 4 rings (SSSR count). The normalized spacial score (nSPS) is 17.7. The van der Waals surface area contributed by atoms with Gasteiger partial charge in [0, 0.05) is 5.02 Å². The number of benzene rings is 2. The Morgan fingerprint density at radius 2 is 2.07 bits per heavy atom. The summed E-state index contributed by atoms with van der Waals surface area (Å²) >= 11 is 5.99. The third-order valence-corrected chi connectivity index (χ3v) is 4.91. The first-order valence-electron chi connectivity index (χ1n) is 8.78. The Labute approximate surface area is 166 Å². The fourth-order valence-electron chi connectivity index (χ4n) is 3.30. The Kier molecular flexibility index (Phi) is 4.92. The van der Waals surface area contributed by atoms with Gasteiger partial charge < -0.3 is 14.8 Å². The molecule has 0 radical (unpaired) electrons. The van der Waals surface area contributed by atoms with Gasteiger partial charge in [-0.2, -0.15) is 0 Å². The van der Waals surface area contributed by atoms with E-state index in [9.17, 15) is 14.4 Å². The molecule has 0 saturated heterocycles. The fourth-order valence-corrected chi connectivity index (χ4v) is 3.49. The molecule has 7 nitrogen and oxygen atoms in total. The van der Waals surface area contributed by atoms with Gasteiger partial charge in [0.1, 0.15) is 18.9 Å². The minimum Gasteiger partial charge on any atom is -0.492 e. The number of ether oxygens (including phenoxy) is 2. The van der Waals surface area contributed by atoms with Crippen LogP contribution in [0.5, 0.6) is 5.75 Å². The fraction of sp³-hybridized carbons (Fsp3) is 0.250. The third kappa shape index (κ3) is 3.66. The molecular weight excluding hydrogens is 384 g/mol. The molecule has 1 N–H and O–H groups in total. The van der Waals surface area contributed by atoms with Gasteiger partial charge in [-0.3, -0.25) is 19.3 Å². The number of nitrogens with one attached hydrogen (secondary N) is 1. The Hall–Kier alpha value is -3.06. The van der Waals surface area contributed by atoms with Crippen LogP contribution >= 0.6 is 11.6 Å². The molecule has 0 aromatic heterocycles. The maximum absolute atomic E-state index is 12.6. The number of para-hydroxylation sites is 2. The molecule has 2 aromatic rings. The van der Waals surface area contributed by atoms with Gasteiger partial charge in [-0.15, -0.1) is 0 Å². The van der Waals surface area contributed by atoms with Crippen molar-refractivity contribution in [1.82, 2.24) is 0 Å². The van der Waals surface area contributed by atoms with Crippen molar-refractivity contribution in [1.29, 1.82) is 0 Å². The first-order chi connectivity index (χ1) is 13.5. The van der Waals surface area contributed by atoms with Gasteiger partial charge in [0.25, 0.3) is 5.91 Å². The van der Waals surface area contributed by atoms with Crippen LogP contribution in [-0.4, -0.2) is 37.5 Å². The molecule has 0 saturated carbocycles. The molecule has 0 aliphatic carbocycles. The van der Waals surface area contributed by atoms with Gasteiger partial charge in [0.15, 0.2) is 6.61 Å². The van der Waals surface area contributed by atoms with Crippen molar-refractivity contribution in [3.8, 4) is 5.75 Å². The quantitative estimate of drug-likeness (QED) is 0.800. The maximum atomic E-state index is 12.6. The van der Waals surface area contributed by atoms with Crippen molar-refractivity contribution in [3.05, 3.63) is 53.1 Å². The van der Waals surface area contributed by atoms with Gasteiger partial charge in [-0.05, 0) is 42.3 Å². The average Bonchev–Trinajstić information content (AvgIpc) is 2.70. The predicted octanol–water partition coefficient (Wildman–Crippen LogP) is 2.42. The number of amides is 2. The highest BCUT2D eigenvalue weighted by Gasteiger charge is 2.30. The van der Waals surface area contributed by atoms with Crippen LogP contribution in [0.15, 0.2) is 42.5 Å². The summed E-state index contributed by atoms with van der Waals surface area (Å²) in [5.74, 6) is -1.10. The van der Waals surface area contributed by atoms with E-state index < -0.39 is 24.4 Å². The van der Waals surface area contributed by atoms with E-state index in [4.69, 9.17) is 21.1 Å². The minimum atomic E-state index is -0.520. The van der Waals surface area contributed by atoms with E-state index in [1.807, 2.05) is 0 Å². The lowest BCUT2D eigenvalue weighted by Gasteiger charge is -2.29. The summed E-state index contributed by atoms with van der Waals surface area (Å²) in [6.45, 7) is -0.387. The second kappa shape index (κ2) is 7.52. The molecule has 2 amide bonds. The molecule has 28 heavy (non-hydrogen) atoms. The van der Waals surface area contributed by atoms with Gasteiger partial charge in [0.2, 0.25) is 5.91 Å². The first kappa shape index (κ1) is 18.3. The van der Waals surface area contributed by atoms with E-state index in [0.717, 1.165) is 5.56 Å². The average molecular weight is 401 g/mol. The molecule has 0 unspecified atom stereocenters. The van der Waals surface area contributed by atoms with Crippen LogP contribution in [0.25, 0.3) is 0 Å². The topological polar surface area (TPSA) is 84.9 Å². The number of halogens is 1. The predicted molar refractivity (Wildman–Crippen MR) is 103 cm³/mol. The Morgan fingerprint density at radius 1 is 1.25 bits per heavy atom. The lowest BCUT2D eigenvalue weighted by molar-refractivity contribution is -0.153. The number of nitrogens with zero attached hydrogens (tertiary/aromatic N) is 1. The molecule has 2 aromatic carbocycles. The summed E-state index contributed by atoms with van der Waals surface area (Å²) in [5.41, 5.74) is 1.95. The monoisotopic (exact) mass is 400 g/mol. The highest BCUT2D eigenvalue weighted by Crippen LogP contribution is 2.31. The highest BCUT2D eigenvalue weighted by atomic mass is 35.5. The van der Waals surface area contributed by atoms with E-state index >= 15 is 0 Å². The number of anilines is 2. The minimum absolute atomic E-state index is 0.119. The second-order valence-electron chi connectivity index (χ2n) is 6.62. The van der Waals surface area contributed by atoms with Crippen molar-refractivity contribution in [2.75, 3.05) is 30.0 Å². The lowest BCUT2D eigenvalue weighted by Crippen LogP contribution is -2.44. The summed E-state index contributed by atoms with van der Waals surface area (Å²) in [6.07, 6.45) is 0.428. The Bertz CT molecular complexity index is 961. The molecule has 1 atom stereocenters. The number of fused-ring (bicyclic) bond motifs is 2. The molecule has 144 valence electrons. The zero-order chi connectivity index (χ0) is 19.7. The number of rotatable bonds is 3. The van der Waals surface area contributed by atoms with Gasteiger partial charge in [-0.1, -0.05) is 23.7 Å². The van der Waals surface area contributed by atoms with Crippen LogP contribution in [0, 0.1) is 5.92 Å².